The van der Waals surface area contributed by atoms with Crippen LogP contribution < -0.4 is 0 Å². The summed E-state index contributed by atoms with van der Waals surface area (Å²) in [6.45, 7) is 0. The number of nitrogens with zero attached hydrogens (tertiary/aromatic N) is 3. The fourth-order valence-corrected chi connectivity index (χ4v) is 2.10. The van der Waals surface area contributed by atoms with Gasteiger partial charge >= 0.3 is 0 Å². The third kappa shape index (κ3) is 2.61. The van der Waals surface area contributed by atoms with Crippen LogP contribution in [0.5, 0.6) is 0 Å². The molecule has 0 saturated carbocycles. The predicted molar refractivity (Wildman–Crippen MR) is 58.5 cm³/mol. The van der Waals surface area contributed by atoms with Gasteiger partial charge in [-0.25, -0.2) is 4.98 Å². The van der Waals surface area contributed by atoms with E-state index in [4.69, 9.17) is 5.26 Å². The number of aromatic nitrogens is 2. The zero-order valence-electron chi connectivity index (χ0n) is 8.05. The Morgan fingerprint density at radius 2 is 2.13 bits per heavy atom. The van der Waals surface area contributed by atoms with Crippen molar-refractivity contribution >= 4 is 11.3 Å². The van der Waals surface area contributed by atoms with E-state index in [1.807, 2.05) is 17.5 Å². The summed E-state index contributed by atoms with van der Waals surface area (Å²) in [6, 6.07) is 6.05. The zero-order valence-corrected chi connectivity index (χ0v) is 8.87. The monoisotopic (exact) mass is 215 g/mol. The molecule has 2 heterocycles. The van der Waals surface area contributed by atoms with Gasteiger partial charge in [0.05, 0.1) is 23.2 Å². The van der Waals surface area contributed by atoms with Crippen molar-refractivity contribution in [3.05, 3.63) is 46.2 Å². The molecule has 0 fully saturated rings. The van der Waals surface area contributed by atoms with Crippen molar-refractivity contribution in [2.75, 3.05) is 0 Å². The molecule has 0 atom stereocenters. The van der Waals surface area contributed by atoms with E-state index in [1.54, 1.807) is 23.7 Å². The van der Waals surface area contributed by atoms with Gasteiger partial charge in [-0.2, -0.15) is 5.26 Å². The van der Waals surface area contributed by atoms with Crippen LogP contribution in [0.1, 0.15) is 16.3 Å². The summed E-state index contributed by atoms with van der Waals surface area (Å²) in [5.74, 6) is 0. The lowest BCUT2D eigenvalue weighted by Gasteiger charge is -1.95. The molecule has 15 heavy (non-hydrogen) atoms. The van der Waals surface area contributed by atoms with Crippen LogP contribution in [0.3, 0.4) is 0 Å². The average Bonchev–Trinajstić information content (AvgIpc) is 2.68. The lowest BCUT2D eigenvalue weighted by molar-refractivity contribution is 1.06. The third-order valence-corrected chi connectivity index (χ3v) is 2.86. The number of hydrogen-bond donors (Lipinski definition) is 0. The summed E-state index contributed by atoms with van der Waals surface area (Å²) < 4.78 is 0. The molecule has 0 unspecified atom stereocenters. The fourth-order valence-electron chi connectivity index (χ4n) is 1.27. The second-order valence-corrected chi connectivity index (χ2v) is 4.04. The Hall–Kier alpha value is -1.73. The molecule has 0 N–H and O–H groups in total. The minimum absolute atomic E-state index is 0.396. The SMILES string of the molecule is N#CCc1csc(Cc2ccncc2)n1. The first kappa shape index (κ1) is 9.81. The van der Waals surface area contributed by atoms with E-state index in [1.165, 1.54) is 5.56 Å². The van der Waals surface area contributed by atoms with E-state index in [9.17, 15) is 0 Å². The summed E-state index contributed by atoms with van der Waals surface area (Å²) >= 11 is 1.60. The van der Waals surface area contributed by atoms with Gasteiger partial charge in [0.25, 0.3) is 0 Å². The maximum atomic E-state index is 8.53. The van der Waals surface area contributed by atoms with Crippen LogP contribution in [0, 0.1) is 11.3 Å². The molecule has 0 radical (unpaired) electrons. The van der Waals surface area contributed by atoms with Crippen LogP contribution in [-0.4, -0.2) is 9.97 Å². The molecule has 0 bridgehead atoms. The van der Waals surface area contributed by atoms with Crippen molar-refractivity contribution < 1.29 is 0 Å². The second kappa shape index (κ2) is 4.67. The van der Waals surface area contributed by atoms with Gasteiger partial charge in [-0.05, 0) is 17.7 Å². The number of rotatable bonds is 3. The molecule has 4 heteroatoms. The van der Waals surface area contributed by atoms with Gasteiger partial charge < -0.3 is 0 Å². The Kier molecular flexibility index (Phi) is 3.05. The highest BCUT2D eigenvalue weighted by Gasteiger charge is 2.02. The minimum atomic E-state index is 0.396. The summed E-state index contributed by atoms with van der Waals surface area (Å²) in [6.07, 6.45) is 4.77. The average molecular weight is 215 g/mol. The van der Waals surface area contributed by atoms with Crippen LogP contribution in [0.25, 0.3) is 0 Å². The molecule has 3 nitrogen and oxygen atoms in total. The van der Waals surface area contributed by atoms with E-state index in [-0.39, 0.29) is 0 Å². The van der Waals surface area contributed by atoms with E-state index in [0.717, 1.165) is 17.1 Å². The molecule has 2 aromatic rings. The van der Waals surface area contributed by atoms with Crippen LogP contribution in [0.15, 0.2) is 29.9 Å². The van der Waals surface area contributed by atoms with Gasteiger partial charge in [0.2, 0.25) is 0 Å². The van der Waals surface area contributed by atoms with Crippen LogP contribution in [0.2, 0.25) is 0 Å². The van der Waals surface area contributed by atoms with E-state index >= 15 is 0 Å². The molecule has 0 amide bonds. The van der Waals surface area contributed by atoms with E-state index in [2.05, 4.69) is 16.0 Å². The highest BCUT2D eigenvalue weighted by atomic mass is 32.1. The molecular formula is C11H9N3S. The maximum absolute atomic E-state index is 8.53. The summed E-state index contributed by atoms with van der Waals surface area (Å²) in [5, 5.41) is 11.5. The standard InChI is InChI=1S/C11H9N3S/c12-4-1-10-8-15-11(14-10)7-9-2-5-13-6-3-9/h2-3,5-6,8H,1,7H2. The molecule has 2 rings (SSSR count). The van der Waals surface area contributed by atoms with Crippen LogP contribution in [0.4, 0.5) is 0 Å². The number of hydrogen-bond acceptors (Lipinski definition) is 4. The van der Waals surface area contributed by atoms with Crippen molar-refractivity contribution in [1.82, 2.24) is 9.97 Å². The molecule has 0 aliphatic carbocycles. The van der Waals surface area contributed by atoms with Crippen LogP contribution >= 0.6 is 11.3 Å². The Morgan fingerprint density at radius 3 is 2.87 bits per heavy atom. The Bertz CT molecular complexity index is 470. The predicted octanol–water partition coefficient (Wildman–Crippen LogP) is 2.19. The topological polar surface area (TPSA) is 49.6 Å². The first-order valence-corrected chi connectivity index (χ1v) is 5.45. The number of nitriles is 1. The lowest BCUT2D eigenvalue weighted by Crippen LogP contribution is -1.88. The molecular weight excluding hydrogens is 206 g/mol. The molecule has 0 aromatic carbocycles. The molecule has 74 valence electrons. The van der Waals surface area contributed by atoms with Gasteiger partial charge in [0.1, 0.15) is 0 Å². The van der Waals surface area contributed by atoms with Gasteiger partial charge in [0, 0.05) is 24.2 Å². The van der Waals surface area contributed by atoms with Crippen molar-refractivity contribution in [3.8, 4) is 6.07 Å². The van der Waals surface area contributed by atoms with Crippen molar-refractivity contribution in [2.45, 2.75) is 12.8 Å². The summed E-state index contributed by atoms with van der Waals surface area (Å²) in [7, 11) is 0. The van der Waals surface area contributed by atoms with Gasteiger partial charge in [0.15, 0.2) is 0 Å². The summed E-state index contributed by atoms with van der Waals surface area (Å²) in [4.78, 5) is 8.33. The Balaban J connectivity index is 2.09. The Labute approximate surface area is 92.1 Å². The van der Waals surface area contributed by atoms with Crippen molar-refractivity contribution in [1.29, 1.82) is 5.26 Å². The maximum Gasteiger partial charge on any atom is 0.0972 e. The normalized spacial score (nSPS) is 9.80. The van der Waals surface area contributed by atoms with E-state index < -0.39 is 0 Å². The Morgan fingerprint density at radius 1 is 1.33 bits per heavy atom. The number of thiazole rings is 1. The van der Waals surface area contributed by atoms with Crippen molar-refractivity contribution in [2.24, 2.45) is 0 Å². The first-order chi connectivity index (χ1) is 7.38. The third-order valence-electron chi connectivity index (χ3n) is 1.96. The largest absolute Gasteiger partial charge is 0.265 e. The summed E-state index contributed by atoms with van der Waals surface area (Å²) in [5.41, 5.74) is 2.06. The molecule has 2 aromatic heterocycles. The fraction of sp³-hybridized carbons (Fsp3) is 0.182. The smallest absolute Gasteiger partial charge is 0.0972 e. The second-order valence-electron chi connectivity index (χ2n) is 3.10. The molecule has 0 saturated heterocycles. The van der Waals surface area contributed by atoms with Crippen LogP contribution in [-0.2, 0) is 12.8 Å². The zero-order chi connectivity index (χ0) is 10.5. The molecule has 0 aliphatic heterocycles. The molecule has 0 aliphatic rings. The van der Waals surface area contributed by atoms with Gasteiger partial charge in [-0.1, -0.05) is 0 Å². The lowest BCUT2D eigenvalue weighted by atomic mass is 10.2. The molecule has 0 spiro atoms. The highest BCUT2D eigenvalue weighted by Crippen LogP contribution is 2.14. The first-order valence-electron chi connectivity index (χ1n) is 4.57. The number of pyridine rings is 1. The highest BCUT2D eigenvalue weighted by molar-refractivity contribution is 7.09. The van der Waals surface area contributed by atoms with E-state index in [0.29, 0.717) is 6.42 Å². The van der Waals surface area contributed by atoms with Gasteiger partial charge in [-0.3, -0.25) is 4.98 Å². The minimum Gasteiger partial charge on any atom is -0.265 e. The quantitative estimate of drug-likeness (QED) is 0.788. The van der Waals surface area contributed by atoms with Gasteiger partial charge in [-0.15, -0.1) is 11.3 Å². The van der Waals surface area contributed by atoms with Crippen molar-refractivity contribution in [3.63, 3.8) is 0 Å².